The normalized spacial score (nSPS) is 24.1. The molecule has 1 fully saturated rings. The van der Waals surface area contributed by atoms with Crippen LogP contribution in [0.5, 0.6) is 0 Å². The fraction of sp³-hybridized carbons (Fsp3) is 0.556. The Bertz CT molecular complexity index is 1060. The molecule has 3 heterocycles. The van der Waals surface area contributed by atoms with Gasteiger partial charge in [0, 0.05) is 37.1 Å². The summed E-state index contributed by atoms with van der Waals surface area (Å²) in [5.74, 6) is -0.185. The maximum absolute atomic E-state index is 11.6. The third-order valence-electron chi connectivity index (χ3n) is 7.84. The summed E-state index contributed by atoms with van der Waals surface area (Å²) in [6, 6.07) is 7.01. The van der Waals surface area contributed by atoms with Gasteiger partial charge in [-0.15, -0.1) is 11.3 Å². The number of fused-ring (bicyclic) bond motifs is 1. The average molecular weight is 466 g/mol. The minimum Gasteiger partial charge on any atom is -0.434 e. The fourth-order valence-corrected chi connectivity index (χ4v) is 6.24. The molecule has 1 aromatic carbocycles. The monoisotopic (exact) mass is 465 g/mol. The first-order valence-electron chi connectivity index (χ1n) is 12.2. The third-order valence-corrected chi connectivity index (χ3v) is 8.74. The first-order valence-corrected chi connectivity index (χ1v) is 13.1. The van der Waals surface area contributed by atoms with E-state index in [0.717, 1.165) is 50.0 Å². The molecule has 176 valence electrons. The van der Waals surface area contributed by atoms with Crippen molar-refractivity contribution in [1.82, 2.24) is 9.88 Å². The Hall–Kier alpha value is -2.18. The smallest absolute Gasteiger partial charge is 0.317 e. The summed E-state index contributed by atoms with van der Waals surface area (Å²) in [7, 11) is 0. The molecular weight excluding hydrogens is 430 g/mol. The third kappa shape index (κ3) is 4.47. The van der Waals surface area contributed by atoms with Gasteiger partial charge in [-0.2, -0.15) is 0 Å². The predicted octanol–water partition coefficient (Wildman–Crippen LogP) is 5.36. The number of cyclic esters (lactones) is 1. The minimum atomic E-state index is -0.113. The predicted molar refractivity (Wildman–Crippen MR) is 135 cm³/mol. The standard InChI is InChI=1S/C27H35N3O2S/c1-26(2)9-10-27(3,4)22-17-20(5-6-21(22)26)23-18-33-25(28-23)30-14-12-29(13-15-30)11-7-19-8-16-32-24(19)31/h5-6,8,16-19H,7,9-15H2,1-4H3. The lowest BCUT2D eigenvalue weighted by Gasteiger charge is -2.42. The highest BCUT2D eigenvalue weighted by Crippen LogP contribution is 2.46. The molecule has 1 unspecified atom stereocenters. The molecule has 5 nitrogen and oxygen atoms in total. The molecule has 1 saturated heterocycles. The first-order chi connectivity index (χ1) is 15.7. The number of aromatic nitrogens is 1. The van der Waals surface area contributed by atoms with Gasteiger partial charge in [-0.25, -0.2) is 4.98 Å². The van der Waals surface area contributed by atoms with Gasteiger partial charge in [0.1, 0.15) is 0 Å². The van der Waals surface area contributed by atoms with Crippen molar-refractivity contribution in [2.45, 2.75) is 57.8 Å². The molecule has 1 aromatic heterocycles. The second-order valence-electron chi connectivity index (χ2n) is 11.0. The quantitative estimate of drug-likeness (QED) is 0.557. The zero-order valence-corrected chi connectivity index (χ0v) is 21.1. The minimum absolute atomic E-state index is 0.0725. The van der Waals surface area contributed by atoms with Gasteiger partial charge < -0.3 is 9.64 Å². The van der Waals surface area contributed by atoms with E-state index >= 15 is 0 Å². The molecule has 2 aromatic rings. The SMILES string of the molecule is CC1(C)CCC(C)(C)c2cc(-c3csc(N4CCN(CCC5C=COC5=O)CC4)n3)ccc21. The Balaban J connectivity index is 1.24. The molecular formula is C27H35N3O2S. The number of anilines is 1. The van der Waals surface area contributed by atoms with Crippen LogP contribution in [0.1, 0.15) is 58.1 Å². The summed E-state index contributed by atoms with van der Waals surface area (Å²) in [5, 5.41) is 3.33. The number of thiazole rings is 1. The van der Waals surface area contributed by atoms with Crippen LogP contribution >= 0.6 is 11.3 Å². The number of esters is 1. The fourth-order valence-electron chi connectivity index (χ4n) is 5.36. The Labute approximate surface area is 201 Å². The summed E-state index contributed by atoms with van der Waals surface area (Å²) in [4.78, 5) is 21.5. The number of carbonyl (C=O) groups is 1. The van der Waals surface area contributed by atoms with Crippen LogP contribution in [0.2, 0.25) is 0 Å². The van der Waals surface area contributed by atoms with Crippen LogP contribution in [-0.2, 0) is 20.4 Å². The average Bonchev–Trinajstić information content (AvgIpc) is 3.45. The van der Waals surface area contributed by atoms with Gasteiger partial charge in [-0.05, 0) is 59.9 Å². The van der Waals surface area contributed by atoms with Crippen molar-refractivity contribution in [3.63, 3.8) is 0 Å². The van der Waals surface area contributed by atoms with Crippen LogP contribution in [0.15, 0.2) is 35.9 Å². The first kappa shape index (κ1) is 22.6. The second-order valence-corrected chi connectivity index (χ2v) is 11.9. The van der Waals surface area contributed by atoms with Crippen molar-refractivity contribution >= 4 is 22.4 Å². The highest BCUT2D eigenvalue weighted by molar-refractivity contribution is 7.14. The van der Waals surface area contributed by atoms with Crippen LogP contribution < -0.4 is 4.90 Å². The van der Waals surface area contributed by atoms with E-state index in [1.807, 2.05) is 6.08 Å². The lowest BCUT2D eigenvalue weighted by molar-refractivity contribution is -0.139. The van der Waals surface area contributed by atoms with Gasteiger partial charge >= 0.3 is 5.97 Å². The van der Waals surface area contributed by atoms with E-state index in [1.54, 1.807) is 11.3 Å². The van der Waals surface area contributed by atoms with E-state index in [9.17, 15) is 4.79 Å². The molecule has 6 heteroatoms. The van der Waals surface area contributed by atoms with Gasteiger partial charge in [-0.1, -0.05) is 39.8 Å². The van der Waals surface area contributed by atoms with Gasteiger partial charge in [-0.3, -0.25) is 9.69 Å². The number of hydrogen-bond acceptors (Lipinski definition) is 6. The zero-order valence-electron chi connectivity index (χ0n) is 20.3. The molecule has 0 amide bonds. The topological polar surface area (TPSA) is 45.7 Å². The van der Waals surface area contributed by atoms with Crippen molar-refractivity contribution in [3.05, 3.63) is 47.0 Å². The van der Waals surface area contributed by atoms with Crippen LogP contribution in [0.25, 0.3) is 11.3 Å². The summed E-state index contributed by atoms with van der Waals surface area (Å²) in [5.41, 5.74) is 5.75. The summed E-state index contributed by atoms with van der Waals surface area (Å²) in [6.07, 6.45) is 6.69. The highest BCUT2D eigenvalue weighted by atomic mass is 32.1. The van der Waals surface area contributed by atoms with Crippen molar-refractivity contribution in [2.24, 2.45) is 5.92 Å². The molecule has 33 heavy (non-hydrogen) atoms. The Morgan fingerprint density at radius 1 is 1.06 bits per heavy atom. The summed E-state index contributed by atoms with van der Waals surface area (Å²) < 4.78 is 4.92. The van der Waals surface area contributed by atoms with Crippen molar-refractivity contribution in [3.8, 4) is 11.3 Å². The molecule has 0 radical (unpaired) electrons. The van der Waals surface area contributed by atoms with Gasteiger partial charge in [0.2, 0.25) is 0 Å². The van der Waals surface area contributed by atoms with Gasteiger partial charge in [0.25, 0.3) is 0 Å². The molecule has 0 bridgehead atoms. The summed E-state index contributed by atoms with van der Waals surface area (Å²) in [6.45, 7) is 14.4. The molecule has 2 aliphatic heterocycles. The second kappa shape index (κ2) is 8.55. The van der Waals surface area contributed by atoms with E-state index in [2.05, 4.69) is 61.1 Å². The number of nitrogens with zero attached hydrogens (tertiary/aromatic N) is 3. The molecule has 0 saturated carbocycles. The highest BCUT2D eigenvalue weighted by Gasteiger charge is 2.37. The largest absolute Gasteiger partial charge is 0.434 e. The lowest BCUT2D eigenvalue weighted by Crippen LogP contribution is -2.47. The Morgan fingerprint density at radius 2 is 1.79 bits per heavy atom. The molecule has 5 rings (SSSR count). The maximum atomic E-state index is 11.6. The number of rotatable bonds is 5. The molecule has 0 spiro atoms. The number of ether oxygens (including phenoxy) is 1. The van der Waals surface area contributed by atoms with E-state index in [-0.39, 0.29) is 22.7 Å². The van der Waals surface area contributed by atoms with Crippen molar-refractivity contribution in [2.75, 3.05) is 37.6 Å². The van der Waals surface area contributed by atoms with Crippen molar-refractivity contribution in [1.29, 1.82) is 0 Å². The number of carbonyl (C=O) groups excluding carboxylic acids is 1. The van der Waals surface area contributed by atoms with Crippen LogP contribution in [0.3, 0.4) is 0 Å². The van der Waals surface area contributed by atoms with Crippen LogP contribution in [0.4, 0.5) is 5.13 Å². The Morgan fingerprint density at radius 3 is 2.48 bits per heavy atom. The summed E-state index contributed by atoms with van der Waals surface area (Å²) >= 11 is 1.75. The number of piperazine rings is 1. The van der Waals surface area contributed by atoms with E-state index in [0.29, 0.717) is 0 Å². The van der Waals surface area contributed by atoms with Crippen molar-refractivity contribution < 1.29 is 9.53 Å². The molecule has 0 N–H and O–H groups in total. The van der Waals surface area contributed by atoms with Crippen LogP contribution in [0, 0.1) is 5.92 Å². The van der Waals surface area contributed by atoms with E-state index in [4.69, 9.17) is 9.72 Å². The van der Waals surface area contributed by atoms with Gasteiger partial charge in [0.15, 0.2) is 5.13 Å². The molecule has 1 atom stereocenters. The zero-order chi connectivity index (χ0) is 23.2. The van der Waals surface area contributed by atoms with E-state index < -0.39 is 0 Å². The Kier molecular flexibility index (Phi) is 5.86. The lowest BCUT2D eigenvalue weighted by atomic mass is 9.63. The van der Waals surface area contributed by atoms with Gasteiger partial charge in [0.05, 0.1) is 17.9 Å². The number of benzene rings is 1. The van der Waals surface area contributed by atoms with E-state index in [1.165, 1.54) is 35.8 Å². The molecule has 3 aliphatic rings. The molecule has 1 aliphatic carbocycles. The number of hydrogen-bond donors (Lipinski definition) is 0. The van der Waals surface area contributed by atoms with Crippen LogP contribution in [-0.4, -0.2) is 48.6 Å². The maximum Gasteiger partial charge on any atom is 0.317 e.